The van der Waals surface area contributed by atoms with Gasteiger partial charge in [-0.1, -0.05) is 74.1 Å². The number of unbranched alkanes of at least 4 members (excludes halogenated alkanes) is 6. The van der Waals surface area contributed by atoms with Crippen LogP contribution in [0.15, 0.2) is 0 Å². The first-order valence-corrected chi connectivity index (χ1v) is 55.2. The Morgan fingerprint density at radius 3 is 1.08 bits per heavy atom. The van der Waals surface area contributed by atoms with Gasteiger partial charge in [0.2, 0.25) is 23.8 Å². The van der Waals surface area contributed by atoms with E-state index in [1.165, 1.54) is 84.2 Å². The number of ketones is 1. The maximum atomic E-state index is 14.3. The Kier molecular flexibility index (Phi) is 41.1. The molecule has 11 rings (SSSR count). The third kappa shape index (κ3) is 39.1. The van der Waals surface area contributed by atoms with Crippen LogP contribution in [0.5, 0.6) is 0 Å². The van der Waals surface area contributed by atoms with E-state index in [0.29, 0.717) is 88.8 Å². The highest BCUT2D eigenvalue weighted by Crippen LogP contribution is 2.44. The number of aryl methyl sites for hydroxylation is 2. The van der Waals surface area contributed by atoms with Gasteiger partial charge in [-0.3, -0.25) is 14.4 Å². The van der Waals surface area contributed by atoms with Gasteiger partial charge in [0.25, 0.3) is 0 Å². The third-order valence-electron chi connectivity index (χ3n) is 30.2. The van der Waals surface area contributed by atoms with Crippen molar-refractivity contribution in [2.75, 3.05) is 133 Å². The lowest BCUT2D eigenvalue weighted by Crippen LogP contribution is -2.62. The maximum Gasteiger partial charge on any atom is 0.310 e. The van der Waals surface area contributed by atoms with Gasteiger partial charge < -0.3 is 109 Å². The summed E-state index contributed by atoms with van der Waals surface area (Å²) in [5.74, 6) is -0.289. The molecular formula is C113H208N18O13. The van der Waals surface area contributed by atoms with Crippen molar-refractivity contribution in [3.63, 3.8) is 0 Å². The molecule has 2 aromatic heterocycles. The highest BCUT2D eigenvalue weighted by atomic mass is 16.7. The molecule has 2 atom stereocenters. The predicted octanol–water partition coefficient (Wildman–Crippen LogP) is 17.9. The fourth-order valence-corrected chi connectivity index (χ4v) is 26.7. The number of carbonyl (C=O) groups excluding carboxylic acids is 4. The molecule has 9 aliphatic rings. The zero-order chi connectivity index (χ0) is 108. The van der Waals surface area contributed by atoms with E-state index in [4.69, 9.17) is 72.5 Å². The van der Waals surface area contributed by atoms with E-state index in [2.05, 4.69) is 221 Å². The molecule has 828 valence electrons. The van der Waals surface area contributed by atoms with Crippen LogP contribution in [-0.4, -0.2) is 298 Å². The van der Waals surface area contributed by atoms with Crippen LogP contribution < -0.4 is 51.9 Å². The van der Waals surface area contributed by atoms with E-state index in [1.807, 2.05) is 96.9 Å². The van der Waals surface area contributed by atoms with Crippen LogP contribution in [0.2, 0.25) is 0 Å². The molecule has 9 fully saturated rings. The number of carbonyl (C=O) groups is 4. The molecular weight excluding hydrogens is 1820 g/mol. The summed E-state index contributed by atoms with van der Waals surface area (Å²) >= 11 is 0. The summed E-state index contributed by atoms with van der Waals surface area (Å²) < 4.78 is 53.6. The molecule has 0 saturated carbocycles. The van der Waals surface area contributed by atoms with Gasteiger partial charge in [-0.2, -0.15) is 29.9 Å². The molecule has 0 radical (unpaired) electrons. The van der Waals surface area contributed by atoms with Crippen LogP contribution in [0.4, 0.5) is 23.8 Å². The lowest BCUT2D eigenvalue weighted by Gasteiger charge is -2.49. The number of hydrogen-bond donors (Lipinski definition) is 7. The van der Waals surface area contributed by atoms with Crippen LogP contribution in [0, 0.1) is 47.3 Å². The van der Waals surface area contributed by atoms with Crippen molar-refractivity contribution < 1.29 is 61.8 Å². The summed E-state index contributed by atoms with van der Waals surface area (Å²) in [6.07, 6.45) is 19.2. The Morgan fingerprint density at radius 2 is 0.736 bits per heavy atom. The highest BCUT2D eigenvalue weighted by molar-refractivity contribution is 5.89. The summed E-state index contributed by atoms with van der Waals surface area (Å²) in [5, 5.41) is 26.2. The summed E-state index contributed by atoms with van der Waals surface area (Å²) in [4.78, 5) is 96.9. The number of hydrogen-bond acceptors (Lipinski definition) is 31. The summed E-state index contributed by atoms with van der Waals surface area (Å²) in [6, 6.07) is 2.03. The number of methoxy groups -OCH3 is 1. The van der Waals surface area contributed by atoms with Crippen molar-refractivity contribution in [3.05, 3.63) is 11.6 Å². The van der Waals surface area contributed by atoms with E-state index < -0.39 is 71.8 Å². The van der Waals surface area contributed by atoms with Gasteiger partial charge in [-0.05, 0) is 317 Å². The number of rotatable bonds is 39. The number of ether oxygens (including phenoxy) is 9. The van der Waals surface area contributed by atoms with Crippen molar-refractivity contribution in [3.8, 4) is 0 Å². The highest BCUT2D eigenvalue weighted by Gasteiger charge is 2.53. The quantitative estimate of drug-likeness (QED) is 0.0186. The third-order valence-corrected chi connectivity index (χ3v) is 30.2. The molecule has 31 heteroatoms. The largest absolute Gasteiger partial charge is 0.465 e. The molecule has 9 aliphatic heterocycles. The van der Waals surface area contributed by atoms with E-state index in [9.17, 15) is 19.2 Å². The zero-order valence-corrected chi connectivity index (χ0v) is 98.2. The summed E-state index contributed by atoms with van der Waals surface area (Å²) in [5.41, 5.74) is -1.85. The van der Waals surface area contributed by atoms with E-state index in [0.717, 1.165) is 114 Å². The molecule has 11 heterocycles. The second kappa shape index (κ2) is 48.4. The minimum atomic E-state index is -1.31. The van der Waals surface area contributed by atoms with Crippen LogP contribution >= 0.6 is 0 Å². The minimum Gasteiger partial charge on any atom is -0.465 e. The average Bonchev–Trinajstić information content (AvgIpc) is 0.768. The average molecular weight is 2030 g/mol. The van der Waals surface area contributed by atoms with Crippen LogP contribution in [0.3, 0.4) is 0 Å². The minimum absolute atomic E-state index is 0.0465. The molecule has 9 saturated heterocycles. The number of esters is 3. The Bertz CT molecular complexity index is 4320. The SMILES string of the molecule is COCC(C)(C)C1OCC2(CO1)COC(C(C)(C)COC(=O)CC(C(=O)OC1CC(C)(C)NC(C)(C)C1)C(CC(C)=O)C(=O)OC1CC(C)(C)NC(C)(C)C1)OC2.Cc1nc(N2CCOCC2)nc(N(CCCCCCN(C)C2CC(C)(C)NC(C)(C)C2)C2CC(C)(C)NC(C)(C)C2)n1.Cc1nc(NC(C)(C)CC(C)(C)C)nc(N(CCCCCCN(C)C2CC(C)(C)NC(C)(C)C2)C2CC(C)(C)NC(C)(C)C2)n1. The van der Waals surface area contributed by atoms with E-state index in [1.54, 1.807) is 7.11 Å². The Balaban J connectivity index is 0.000000244. The molecule has 31 nitrogen and oxygen atoms in total. The number of aromatic nitrogens is 6. The van der Waals surface area contributed by atoms with E-state index in [-0.39, 0.29) is 102 Å². The van der Waals surface area contributed by atoms with Gasteiger partial charge in [0.05, 0.1) is 69.9 Å². The molecule has 0 bridgehead atoms. The standard InChI is InChI=1S/C43H74N2O12.C37H72N8.C33H62N8O/c1-27(46)15-30(33(48)56-28-17-39(6,7)44-40(8,9)18-28)31(34(49)57-29-19-41(10,11)45-42(12,13)20-29)16-32(47)51-22-38(4,5)36-54-25-43(26-55-36)23-52-35(53-24-43)37(2,3)21-50-14;1-27-38-30(41-37(13,14)26-32(2,3)4)40-31(39-27)45(29-24-35(9,10)43-36(11,12)25-29)21-19-17-16-18-20-44(15)28-22-33(5,6)42-34(7,8)23-28;1-25-34-28(40-17-19-42-20-18-40)36-29(35-25)41(27-23-32(6,7)38-33(8,9)24-27)16-14-12-11-13-15-39(10)26-21-30(2,3)37-31(4,5)22-26/h28-31,35-36,44-45H,15-26H2,1-14H3;28-29,42-43H,16-26H2,1-15H3,(H,38,39,40,41);26-27,37-38H,11-24H2,1-10H3. The zero-order valence-electron chi connectivity index (χ0n) is 98.2. The molecule has 2 aromatic rings. The Morgan fingerprint density at radius 1 is 0.417 bits per heavy atom. The van der Waals surface area contributed by atoms with Crippen molar-refractivity contribution >= 4 is 47.5 Å². The lowest BCUT2D eigenvalue weighted by molar-refractivity contribution is -0.337. The number of nitrogens with zero attached hydrogens (tertiary/aromatic N) is 11. The normalized spacial score (nSPS) is 25.4. The van der Waals surface area contributed by atoms with Gasteiger partial charge in [0, 0.05) is 172 Å². The fraction of sp³-hybridized carbons (Fsp3) is 0.912. The van der Waals surface area contributed by atoms with Crippen LogP contribution in [-0.2, 0) is 61.8 Å². The fourth-order valence-electron chi connectivity index (χ4n) is 26.7. The second-order valence-electron chi connectivity index (χ2n) is 56.9. The van der Waals surface area contributed by atoms with Gasteiger partial charge in [-0.25, -0.2) is 0 Å². The molecule has 0 aliphatic carbocycles. The predicted molar refractivity (Wildman–Crippen MR) is 580 cm³/mol. The molecule has 0 aromatic carbocycles. The van der Waals surface area contributed by atoms with Crippen molar-refractivity contribution in [1.82, 2.24) is 71.6 Å². The first-order chi connectivity index (χ1) is 65.9. The monoisotopic (exact) mass is 2030 g/mol. The molecule has 1 spiro atoms. The molecule has 7 N–H and O–H groups in total. The first-order valence-electron chi connectivity index (χ1n) is 55.2. The number of morpholine rings is 1. The second-order valence-corrected chi connectivity index (χ2v) is 56.9. The molecule has 0 amide bonds. The Hall–Kier alpha value is -5.26. The number of nitrogens with one attached hydrogen (secondary N) is 7. The number of Topliss-reactive ketones (excluding diaryl/α,β-unsaturated/α-hetero) is 1. The van der Waals surface area contributed by atoms with Gasteiger partial charge >= 0.3 is 17.9 Å². The lowest BCUT2D eigenvalue weighted by atomic mass is 9.79. The van der Waals surface area contributed by atoms with Gasteiger partial charge in [0.15, 0.2) is 12.6 Å². The summed E-state index contributed by atoms with van der Waals surface area (Å²) in [7, 11) is 6.32. The topological polar surface area (TPSA) is 329 Å². The Labute approximate surface area is 872 Å². The number of piperidine rings is 6. The molecule has 2 unspecified atom stereocenters. The smallest absolute Gasteiger partial charge is 0.310 e. The maximum absolute atomic E-state index is 14.3. The number of anilines is 4. The molecule has 144 heavy (non-hydrogen) atoms. The first kappa shape index (κ1) is 122. The summed E-state index contributed by atoms with van der Waals surface area (Å²) in [6.45, 7) is 87.6. The van der Waals surface area contributed by atoms with Crippen LogP contribution in [0.25, 0.3) is 0 Å². The van der Waals surface area contributed by atoms with Gasteiger partial charge in [-0.15, -0.1) is 0 Å². The van der Waals surface area contributed by atoms with Crippen molar-refractivity contribution in [2.24, 2.45) is 33.5 Å². The van der Waals surface area contributed by atoms with Crippen LogP contribution in [0.1, 0.15) is 395 Å². The van der Waals surface area contributed by atoms with Gasteiger partial charge in [0.1, 0.15) is 36.2 Å². The van der Waals surface area contributed by atoms with Crippen molar-refractivity contribution in [2.45, 2.75) is 518 Å². The van der Waals surface area contributed by atoms with E-state index >= 15 is 0 Å². The van der Waals surface area contributed by atoms with Crippen molar-refractivity contribution in [1.29, 1.82) is 0 Å².